The molecular formula is C21H21F3N2O3S. The average molecular weight is 438 g/mol. The van der Waals surface area contributed by atoms with Crippen LogP contribution in [0, 0.1) is 5.92 Å². The van der Waals surface area contributed by atoms with Crippen molar-refractivity contribution in [3.8, 4) is 0 Å². The Morgan fingerprint density at radius 2 is 1.83 bits per heavy atom. The number of hydrogen-bond donors (Lipinski definition) is 1. The van der Waals surface area contributed by atoms with Gasteiger partial charge < -0.3 is 9.67 Å². The molecule has 0 spiro atoms. The lowest BCUT2D eigenvalue weighted by molar-refractivity contribution is -0.139. The molecule has 0 bridgehead atoms. The van der Waals surface area contributed by atoms with Crippen LogP contribution in [0.3, 0.4) is 0 Å². The molecule has 1 N–H and O–H groups in total. The lowest BCUT2D eigenvalue weighted by Crippen LogP contribution is -2.18. The van der Waals surface area contributed by atoms with Crippen molar-refractivity contribution in [2.24, 2.45) is 5.92 Å². The van der Waals surface area contributed by atoms with E-state index in [0.717, 1.165) is 6.07 Å². The number of fused-ring (bicyclic) bond motifs is 1. The molecule has 3 aromatic rings. The van der Waals surface area contributed by atoms with Gasteiger partial charge in [0.05, 0.1) is 40.8 Å². The normalized spacial score (nSPS) is 19.9. The molecule has 160 valence electrons. The van der Waals surface area contributed by atoms with Gasteiger partial charge in [0.15, 0.2) is 9.84 Å². The number of alkyl halides is 3. The third-order valence-corrected chi connectivity index (χ3v) is 7.35. The van der Waals surface area contributed by atoms with E-state index in [1.165, 1.54) is 18.2 Å². The summed E-state index contributed by atoms with van der Waals surface area (Å²) in [6.07, 6.45) is -5.05. The molecule has 0 unspecified atom stereocenters. The van der Waals surface area contributed by atoms with Crippen molar-refractivity contribution < 1.29 is 26.7 Å². The topological polar surface area (TPSA) is 72.2 Å². The number of rotatable bonds is 5. The second kappa shape index (κ2) is 7.70. The Labute approximate surface area is 172 Å². The first-order chi connectivity index (χ1) is 14.1. The molecule has 9 heteroatoms. The van der Waals surface area contributed by atoms with Crippen LogP contribution in [0.5, 0.6) is 0 Å². The minimum absolute atomic E-state index is 0.0790. The number of para-hydroxylation sites is 2. The van der Waals surface area contributed by atoms with Gasteiger partial charge in [-0.3, -0.25) is 0 Å². The Kier molecular flexibility index (Phi) is 5.36. The van der Waals surface area contributed by atoms with E-state index in [1.807, 2.05) is 0 Å². The number of hydrogen-bond acceptors (Lipinski definition) is 4. The summed E-state index contributed by atoms with van der Waals surface area (Å²) >= 11 is 0. The fourth-order valence-corrected chi connectivity index (χ4v) is 5.96. The molecule has 2 atom stereocenters. The van der Waals surface area contributed by atoms with Crippen LogP contribution in [0.15, 0.2) is 48.5 Å². The van der Waals surface area contributed by atoms with Gasteiger partial charge in [0, 0.05) is 6.42 Å². The van der Waals surface area contributed by atoms with Crippen LogP contribution >= 0.6 is 0 Å². The maximum absolute atomic E-state index is 13.4. The summed E-state index contributed by atoms with van der Waals surface area (Å²) in [6.45, 7) is -0.109. The lowest BCUT2D eigenvalue weighted by Gasteiger charge is -2.20. The quantitative estimate of drug-likeness (QED) is 0.658. The number of aromatic nitrogens is 2. The summed E-state index contributed by atoms with van der Waals surface area (Å²) < 4.78 is 65.5. The zero-order valence-corrected chi connectivity index (χ0v) is 16.8. The summed E-state index contributed by atoms with van der Waals surface area (Å²) in [7, 11) is -3.06. The largest absolute Gasteiger partial charge is 0.416 e. The summed E-state index contributed by atoms with van der Waals surface area (Å²) in [5.41, 5.74) is 0.282. The molecule has 1 aliphatic rings. The van der Waals surface area contributed by atoms with E-state index in [2.05, 4.69) is 4.98 Å². The lowest BCUT2D eigenvalue weighted by atomic mass is 10.0. The minimum Gasteiger partial charge on any atom is -0.387 e. The maximum Gasteiger partial charge on any atom is 0.416 e. The molecule has 0 saturated carbocycles. The molecule has 0 aliphatic carbocycles. The molecule has 2 heterocycles. The molecule has 0 amide bonds. The van der Waals surface area contributed by atoms with Crippen LogP contribution in [0.25, 0.3) is 11.0 Å². The van der Waals surface area contributed by atoms with Crippen molar-refractivity contribution in [1.82, 2.24) is 9.55 Å². The molecule has 4 rings (SSSR count). The van der Waals surface area contributed by atoms with Gasteiger partial charge in [0.25, 0.3) is 0 Å². The van der Waals surface area contributed by atoms with E-state index in [-0.39, 0.29) is 29.5 Å². The zero-order chi connectivity index (χ0) is 21.5. The molecule has 30 heavy (non-hydrogen) atoms. The predicted octanol–water partition coefficient (Wildman–Crippen LogP) is 3.77. The summed E-state index contributed by atoms with van der Waals surface area (Å²) in [6, 6.07) is 12.2. The van der Waals surface area contributed by atoms with Crippen molar-refractivity contribution in [3.63, 3.8) is 0 Å². The average Bonchev–Trinajstić information content (AvgIpc) is 3.20. The molecule has 1 aliphatic heterocycles. The van der Waals surface area contributed by atoms with Crippen LogP contribution in [-0.2, 0) is 29.0 Å². The van der Waals surface area contributed by atoms with E-state index in [1.54, 1.807) is 28.8 Å². The summed E-state index contributed by atoms with van der Waals surface area (Å²) in [5.74, 6) is 0.696. The van der Waals surface area contributed by atoms with Crippen molar-refractivity contribution in [3.05, 3.63) is 65.5 Å². The summed E-state index contributed by atoms with van der Waals surface area (Å²) in [5, 5.41) is 10.7. The second-order valence-corrected chi connectivity index (χ2v) is 9.93. The van der Waals surface area contributed by atoms with E-state index in [9.17, 15) is 26.7 Å². The van der Waals surface area contributed by atoms with Crippen LogP contribution in [0.4, 0.5) is 13.2 Å². The van der Waals surface area contributed by atoms with Crippen LogP contribution in [0.1, 0.15) is 29.5 Å². The highest BCUT2D eigenvalue weighted by atomic mass is 32.2. The zero-order valence-electron chi connectivity index (χ0n) is 16.0. The first kappa shape index (κ1) is 20.9. The first-order valence-electron chi connectivity index (χ1n) is 9.63. The SMILES string of the molecule is O=S1(=O)CC[C@@H](Cc2nc3ccccc3n2C[C@H](O)c2ccccc2C(F)(F)F)C1. The van der Waals surface area contributed by atoms with Crippen molar-refractivity contribution in [2.75, 3.05) is 11.5 Å². The van der Waals surface area contributed by atoms with Crippen LogP contribution in [-0.4, -0.2) is 34.6 Å². The number of aliphatic hydroxyl groups is 1. The van der Waals surface area contributed by atoms with Gasteiger partial charge in [-0.1, -0.05) is 30.3 Å². The third kappa shape index (κ3) is 4.22. The van der Waals surface area contributed by atoms with E-state index < -0.39 is 27.7 Å². The molecule has 5 nitrogen and oxygen atoms in total. The molecule has 0 radical (unpaired) electrons. The molecule has 2 aromatic carbocycles. The Morgan fingerprint density at radius 1 is 1.13 bits per heavy atom. The van der Waals surface area contributed by atoms with Gasteiger partial charge >= 0.3 is 6.18 Å². The standard InChI is InChI=1S/C21H21F3N2O3S/c22-21(23,24)16-6-2-1-5-15(16)19(27)12-26-18-8-4-3-7-17(18)25-20(26)11-14-9-10-30(28,29)13-14/h1-8,14,19,27H,9-13H2/t14-,19-/m0/s1. The Balaban J connectivity index is 1.69. The molecular weight excluding hydrogens is 417 g/mol. The van der Waals surface area contributed by atoms with Gasteiger partial charge in [-0.25, -0.2) is 13.4 Å². The van der Waals surface area contributed by atoms with Gasteiger partial charge in [0.1, 0.15) is 5.82 Å². The van der Waals surface area contributed by atoms with E-state index in [4.69, 9.17) is 0 Å². The van der Waals surface area contributed by atoms with E-state index in [0.29, 0.717) is 29.7 Å². The van der Waals surface area contributed by atoms with Gasteiger partial charge in [-0.15, -0.1) is 0 Å². The smallest absolute Gasteiger partial charge is 0.387 e. The maximum atomic E-state index is 13.4. The van der Waals surface area contributed by atoms with E-state index >= 15 is 0 Å². The number of sulfone groups is 1. The van der Waals surface area contributed by atoms with Crippen LogP contribution in [0.2, 0.25) is 0 Å². The highest BCUT2D eigenvalue weighted by molar-refractivity contribution is 7.91. The molecule has 1 saturated heterocycles. The van der Waals surface area contributed by atoms with Crippen molar-refractivity contribution in [1.29, 1.82) is 0 Å². The monoisotopic (exact) mass is 438 g/mol. The highest BCUT2D eigenvalue weighted by Crippen LogP contribution is 2.35. The van der Waals surface area contributed by atoms with Crippen LogP contribution < -0.4 is 0 Å². The summed E-state index contributed by atoms with van der Waals surface area (Å²) in [4.78, 5) is 4.58. The van der Waals surface area contributed by atoms with Gasteiger partial charge in [0.2, 0.25) is 0 Å². The highest BCUT2D eigenvalue weighted by Gasteiger charge is 2.35. The number of benzene rings is 2. The van der Waals surface area contributed by atoms with Crippen molar-refractivity contribution in [2.45, 2.75) is 31.7 Å². The number of nitrogens with zero attached hydrogens (tertiary/aromatic N) is 2. The Morgan fingerprint density at radius 3 is 2.53 bits per heavy atom. The minimum atomic E-state index is -4.57. The van der Waals surface area contributed by atoms with Gasteiger partial charge in [-0.2, -0.15) is 13.2 Å². The Hall–Kier alpha value is -2.39. The number of imidazole rings is 1. The molecule has 1 aromatic heterocycles. The third-order valence-electron chi connectivity index (χ3n) is 5.51. The molecule has 1 fully saturated rings. The fraction of sp³-hybridized carbons (Fsp3) is 0.381. The second-order valence-electron chi connectivity index (χ2n) is 7.70. The van der Waals surface area contributed by atoms with Crippen molar-refractivity contribution >= 4 is 20.9 Å². The fourth-order valence-electron chi connectivity index (χ4n) is 4.09. The first-order valence-corrected chi connectivity index (χ1v) is 11.4. The predicted molar refractivity (Wildman–Crippen MR) is 107 cm³/mol. The number of aliphatic hydroxyl groups excluding tert-OH is 1. The van der Waals surface area contributed by atoms with Gasteiger partial charge in [-0.05, 0) is 36.1 Å². The Bertz CT molecular complexity index is 1170. The number of halogens is 3.